The molecule has 0 aliphatic heterocycles. The number of hydrogen-bond acceptors (Lipinski definition) is 2. The van der Waals surface area contributed by atoms with Crippen LogP contribution < -0.4 is 4.74 Å². The van der Waals surface area contributed by atoms with Gasteiger partial charge in [-0.05, 0) is 30.7 Å². The fraction of sp³-hybridized carbons (Fsp3) is 0.278. The molecule has 122 valence electrons. The van der Waals surface area contributed by atoms with E-state index in [1.54, 1.807) is 29.2 Å². The van der Waals surface area contributed by atoms with Crippen molar-refractivity contribution in [1.29, 1.82) is 0 Å². The van der Waals surface area contributed by atoms with Crippen LogP contribution in [-0.4, -0.2) is 24.0 Å². The van der Waals surface area contributed by atoms with Crippen molar-refractivity contribution in [1.82, 2.24) is 4.90 Å². The van der Waals surface area contributed by atoms with E-state index in [1.165, 1.54) is 6.07 Å². The predicted molar refractivity (Wildman–Crippen MR) is 89.1 cm³/mol. The molecule has 0 bridgehead atoms. The molecule has 0 N–H and O–H groups in total. The Hall–Kier alpha value is -2.07. The van der Waals surface area contributed by atoms with Crippen molar-refractivity contribution >= 4 is 17.5 Å². The maximum absolute atomic E-state index is 13.4. The highest BCUT2D eigenvalue weighted by Gasteiger charge is 2.14. The third-order valence-electron chi connectivity index (χ3n) is 3.46. The lowest BCUT2D eigenvalue weighted by Crippen LogP contribution is -2.31. The number of rotatable bonds is 7. The molecule has 0 saturated carbocycles. The molecule has 2 aromatic rings. The number of amides is 1. The molecule has 3 nitrogen and oxygen atoms in total. The summed E-state index contributed by atoms with van der Waals surface area (Å²) in [6, 6.07) is 13.6. The molecule has 0 atom stereocenters. The molecule has 0 radical (unpaired) electrons. The van der Waals surface area contributed by atoms with Gasteiger partial charge in [0, 0.05) is 18.1 Å². The molecule has 0 unspecified atom stereocenters. The first kappa shape index (κ1) is 17.3. The Morgan fingerprint density at radius 2 is 1.87 bits per heavy atom. The average molecular weight is 336 g/mol. The van der Waals surface area contributed by atoms with Crippen molar-refractivity contribution in [2.24, 2.45) is 0 Å². The van der Waals surface area contributed by atoms with E-state index >= 15 is 0 Å². The van der Waals surface area contributed by atoms with Crippen LogP contribution in [0.5, 0.6) is 5.75 Å². The lowest BCUT2D eigenvalue weighted by atomic mass is 10.2. The number of carbonyl (C=O) groups excluding carboxylic acids is 1. The number of hydrogen-bond donors (Lipinski definition) is 0. The van der Waals surface area contributed by atoms with E-state index in [1.807, 2.05) is 25.1 Å². The summed E-state index contributed by atoms with van der Waals surface area (Å²) in [6.07, 6.45) is 0.187. The maximum Gasteiger partial charge on any atom is 0.226 e. The molecule has 5 heteroatoms. The van der Waals surface area contributed by atoms with Gasteiger partial charge in [-0.25, -0.2) is 4.39 Å². The molecule has 23 heavy (non-hydrogen) atoms. The molecule has 2 rings (SSSR count). The van der Waals surface area contributed by atoms with Crippen molar-refractivity contribution in [2.75, 3.05) is 13.2 Å². The maximum atomic E-state index is 13.4. The molecule has 0 aliphatic rings. The third kappa shape index (κ3) is 4.96. The summed E-state index contributed by atoms with van der Waals surface area (Å²) in [6.45, 7) is 3.07. The molecule has 0 aliphatic carbocycles. The van der Waals surface area contributed by atoms with Gasteiger partial charge in [0.15, 0.2) is 11.6 Å². The van der Waals surface area contributed by atoms with Crippen LogP contribution >= 0.6 is 11.6 Å². The first-order valence-corrected chi connectivity index (χ1v) is 7.88. The quantitative estimate of drug-likeness (QED) is 0.755. The van der Waals surface area contributed by atoms with E-state index in [0.29, 0.717) is 18.1 Å². The number of ether oxygens (including phenoxy) is 1. The molecular weight excluding hydrogens is 317 g/mol. The molecule has 0 heterocycles. The van der Waals surface area contributed by atoms with Gasteiger partial charge < -0.3 is 9.64 Å². The highest BCUT2D eigenvalue weighted by Crippen LogP contribution is 2.18. The van der Waals surface area contributed by atoms with Crippen molar-refractivity contribution in [2.45, 2.75) is 19.9 Å². The van der Waals surface area contributed by atoms with Gasteiger partial charge in [-0.3, -0.25) is 4.79 Å². The molecule has 1 amide bonds. The third-order valence-corrected chi connectivity index (χ3v) is 3.83. The van der Waals surface area contributed by atoms with Gasteiger partial charge in [0.05, 0.1) is 13.0 Å². The minimum Gasteiger partial charge on any atom is -0.490 e. The summed E-state index contributed by atoms with van der Waals surface area (Å²) in [5, 5.41) is 0.640. The van der Waals surface area contributed by atoms with Crippen LogP contribution in [0.15, 0.2) is 48.5 Å². The minimum atomic E-state index is -0.427. The lowest BCUT2D eigenvalue weighted by Gasteiger charge is -2.21. The summed E-state index contributed by atoms with van der Waals surface area (Å²) in [7, 11) is 0. The zero-order valence-corrected chi connectivity index (χ0v) is 13.7. The standard InChI is InChI=1S/C18H19ClFNO2/c1-2-21(13-14-7-3-4-8-15(14)19)18(22)11-12-23-17-10-6-5-9-16(17)20/h3-10H,2,11-13H2,1H3. The summed E-state index contributed by atoms with van der Waals surface area (Å²) in [5.74, 6) is -0.318. The van der Waals surface area contributed by atoms with Crippen LogP contribution in [0.4, 0.5) is 4.39 Å². The lowest BCUT2D eigenvalue weighted by molar-refractivity contribution is -0.132. The van der Waals surface area contributed by atoms with Gasteiger partial charge in [-0.1, -0.05) is 41.9 Å². The second-order valence-corrected chi connectivity index (χ2v) is 5.44. The Kier molecular flexibility index (Phi) is 6.41. The Morgan fingerprint density at radius 1 is 1.17 bits per heavy atom. The Balaban J connectivity index is 1.88. The molecule has 0 spiro atoms. The highest BCUT2D eigenvalue weighted by atomic mass is 35.5. The molecule has 0 saturated heterocycles. The van der Waals surface area contributed by atoms with Crippen LogP contribution in [0.25, 0.3) is 0 Å². The van der Waals surface area contributed by atoms with E-state index in [-0.39, 0.29) is 24.7 Å². The number of carbonyl (C=O) groups is 1. The largest absolute Gasteiger partial charge is 0.490 e. The van der Waals surface area contributed by atoms with E-state index in [4.69, 9.17) is 16.3 Å². The smallest absolute Gasteiger partial charge is 0.226 e. The normalized spacial score (nSPS) is 10.4. The van der Waals surface area contributed by atoms with Crippen LogP contribution in [-0.2, 0) is 11.3 Å². The minimum absolute atomic E-state index is 0.0521. The van der Waals surface area contributed by atoms with Crippen LogP contribution in [0.1, 0.15) is 18.9 Å². The zero-order valence-electron chi connectivity index (χ0n) is 13.0. The van der Waals surface area contributed by atoms with Crippen LogP contribution in [0.3, 0.4) is 0 Å². The number of halogens is 2. The molecular formula is C18H19ClFNO2. The van der Waals surface area contributed by atoms with Crippen LogP contribution in [0, 0.1) is 5.82 Å². The van der Waals surface area contributed by atoms with Crippen molar-refractivity contribution < 1.29 is 13.9 Å². The highest BCUT2D eigenvalue weighted by molar-refractivity contribution is 6.31. The molecule has 0 fully saturated rings. The summed E-state index contributed by atoms with van der Waals surface area (Å²) in [4.78, 5) is 14.0. The topological polar surface area (TPSA) is 29.5 Å². The van der Waals surface area contributed by atoms with Gasteiger partial charge in [0.1, 0.15) is 0 Å². The van der Waals surface area contributed by atoms with Crippen molar-refractivity contribution in [3.05, 3.63) is 64.9 Å². The zero-order chi connectivity index (χ0) is 16.7. The summed E-state index contributed by atoms with van der Waals surface area (Å²) < 4.78 is 18.8. The van der Waals surface area contributed by atoms with E-state index in [0.717, 1.165) is 5.56 Å². The first-order valence-electron chi connectivity index (χ1n) is 7.50. The van der Waals surface area contributed by atoms with Crippen molar-refractivity contribution in [3.8, 4) is 5.75 Å². The number of benzene rings is 2. The molecule has 0 aromatic heterocycles. The monoisotopic (exact) mass is 335 g/mol. The van der Waals surface area contributed by atoms with E-state index in [9.17, 15) is 9.18 Å². The van der Waals surface area contributed by atoms with Gasteiger partial charge >= 0.3 is 0 Å². The van der Waals surface area contributed by atoms with Gasteiger partial charge in [0.25, 0.3) is 0 Å². The Bertz CT molecular complexity index is 663. The SMILES string of the molecule is CCN(Cc1ccccc1Cl)C(=O)CCOc1ccccc1F. The summed E-state index contributed by atoms with van der Waals surface area (Å²) >= 11 is 6.13. The number of para-hydroxylation sites is 1. The Labute approximate surface area is 140 Å². The average Bonchev–Trinajstić information content (AvgIpc) is 2.55. The fourth-order valence-corrected chi connectivity index (χ4v) is 2.37. The van der Waals surface area contributed by atoms with E-state index < -0.39 is 5.82 Å². The van der Waals surface area contributed by atoms with E-state index in [2.05, 4.69) is 0 Å². The second-order valence-electron chi connectivity index (χ2n) is 5.03. The summed E-state index contributed by atoms with van der Waals surface area (Å²) in [5.41, 5.74) is 0.902. The van der Waals surface area contributed by atoms with Gasteiger partial charge in [-0.15, -0.1) is 0 Å². The molecule has 2 aromatic carbocycles. The fourth-order valence-electron chi connectivity index (χ4n) is 2.18. The van der Waals surface area contributed by atoms with Crippen molar-refractivity contribution in [3.63, 3.8) is 0 Å². The second kappa shape index (κ2) is 8.53. The van der Waals surface area contributed by atoms with Gasteiger partial charge in [0.2, 0.25) is 5.91 Å². The predicted octanol–water partition coefficient (Wildman–Crippen LogP) is 4.30. The van der Waals surface area contributed by atoms with Crippen LogP contribution in [0.2, 0.25) is 5.02 Å². The van der Waals surface area contributed by atoms with Gasteiger partial charge in [-0.2, -0.15) is 0 Å². The Morgan fingerprint density at radius 3 is 2.57 bits per heavy atom. The number of nitrogens with zero attached hydrogens (tertiary/aromatic N) is 1. The first-order chi connectivity index (χ1) is 11.1.